The van der Waals surface area contributed by atoms with Gasteiger partial charge in [0.2, 0.25) is 11.8 Å². The summed E-state index contributed by atoms with van der Waals surface area (Å²) in [6.45, 7) is 9.35. The smallest absolute Gasteiger partial charge is 0.327 e. The minimum absolute atomic E-state index is 0.0449. The van der Waals surface area contributed by atoms with Crippen LogP contribution in [-0.4, -0.2) is 74.2 Å². The first-order valence-corrected chi connectivity index (χ1v) is 9.69. The van der Waals surface area contributed by atoms with E-state index in [0.717, 1.165) is 45.0 Å². The zero-order valence-electron chi connectivity index (χ0n) is 16.6. The molecule has 2 heterocycles. The maximum Gasteiger partial charge on any atom is 0.327 e. The van der Waals surface area contributed by atoms with Gasteiger partial charge in [-0.2, -0.15) is 0 Å². The Kier molecular flexibility index (Phi) is 8.03. The molecule has 1 saturated heterocycles. The number of methoxy groups -OCH3 is 1. The lowest BCUT2D eigenvalue weighted by molar-refractivity contribution is -0.138. The van der Waals surface area contributed by atoms with Crippen molar-refractivity contribution in [3.63, 3.8) is 0 Å². The van der Waals surface area contributed by atoms with Gasteiger partial charge in [-0.05, 0) is 20.3 Å². The molecule has 148 valence electrons. The molecule has 2 rings (SSSR count). The second-order valence-corrected chi connectivity index (χ2v) is 7.32. The van der Waals surface area contributed by atoms with E-state index in [-0.39, 0.29) is 18.6 Å². The molecule has 0 radical (unpaired) electrons. The number of carbonyl (C=O) groups is 1. The number of esters is 1. The van der Waals surface area contributed by atoms with Crippen LogP contribution in [0, 0.1) is 0 Å². The molecule has 0 saturated carbocycles. The molecule has 1 atom stereocenters. The molecule has 2 aliphatic heterocycles. The Morgan fingerprint density at radius 2 is 2.04 bits per heavy atom. The molecule has 1 fully saturated rings. The standard InChI is InChI=1S/C19H33N3O4/c1-5-6-7-8-9-15(22-10-12-25-13-11-22)17-21-19(2,3)18(26-17)20-14-16(23)24-4/h15H,5-14H2,1-4H3. The van der Waals surface area contributed by atoms with Gasteiger partial charge in [0.15, 0.2) is 0 Å². The number of hydrogen-bond donors (Lipinski definition) is 0. The first kappa shape index (κ1) is 20.8. The maximum absolute atomic E-state index is 11.4. The van der Waals surface area contributed by atoms with Gasteiger partial charge in [0.1, 0.15) is 12.1 Å². The number of rotatable bonds is 9. The second kappa shape index (κ2) is 10.0. The Morgan fingerprint density at radius 1 is 1.31 bits per heavy atom. The molecule has 2 aliphatic rings. The van der Waals surface area contributed by atoms with E-state index in [4.69, 9.17) is 14.5 Å². The molecule has 0 spiro atoms. The van der Waals surface area contributed by atoms with Crippen molar-refractivity contribution in [1.82, 2.24) is 4.90 Å². The molecule has 0 aromatic carbocycles. The molecule has 7 nitrogen and oxygen atoms in total. The highest BCUT2D eigenvalue weighted by Gasteiger charge is 2.39. The predicted molar refractivity (Wildman–Crippen MR) is 102 cm³/mol. The zero-order valence-corrected chi connectivity index (χ0v) is 16.6. The van der Waals surface area contributed by atoms with Gasteiger partial charge in [0.05, 0.1) is 26.4 Å². The third-order valence-electron chi connectivity index (χ3n) is 4.80. The zero-order chi connectivity index (χ0) is 19.0. The number of aliphatic imine (C=N–C) groups is 2. The average molecular weight is 367 g/mol. The van der Waals surface area contributed by atoms with E-state index in [1.54, 1.807) is 0 Å². The molecule has 0 aromatic rings. The van der Waals surface area contributed by atoms with Crippen LogP contribution in [0.1, 0.15) is 52.9 Å². The first-order valence-electron chi connectivity index (χ1n) is 9.69. The van der Waals surface area contributed by atoms with Crippen LogP contribution in [0.25, 0.3) is 0 Å². The number of carbonyl (C=O) groups excluding carboxylic acids is 1. The fourth-order valence-electron chi connectivity index (χ4n) is 3.26. The van der Waals surface area contributed by atoms with Gasteiger partial charge in [-0.1, -0.05) is 32.6 Å². The van der Waals surface area contributed by atoms with Gasteiger partial charge in [-0.3, -0.25) is 9.69 Å². The van der Waals surface area contributed by atoms with Crippen molar-refractivity contribution in [3.8, 4) is 0 Å². The number of nitrogens with zero attached hydrogens (tertiary/aromatic N) is 3. The van der Waals surface area contributed by atoms with Crippen molar-refractivity contribution in [2.45, 2.75) is 64.5 Å². The van der Waals surface area contributed by atoms with Crippen LogP contribution in [0.5, 0.6) is 0 Å². The van der Waals surface area contributed by atoms with Crippen molar-refractivity contribution in [1.29, 1.82) is 0 Å². The van der Waals surface area contributed by atoms with Gasteiger partial charge in [-0.15, -0.1) is 0 Å². The van der Waals surface area contributed by atoms with Gasteiger partial charge in [0.25, 0.3) is 0 Å². The fraction of sp³-hybridized carbons (Fsp3) is 0.842. The van der Waals surface area contributed by atoms with Crippen LogP contribution in [0.3, 0.4) is 0 Å². The van der Waals surface area contributed by atoms with Crippen LogP contribution in [0.2, 0.25) is 0 Å². The number of unbranched alkanes of at least 4 members (excludes halogenated alkanes) is 3. The van der Waals surface area contributed by atoms with Crippen molar-refractivity contribution in [3.05, 3.63) is 0 Å². The van der Waals surface area contributed by atoms with E-state index < -0.39 is 5.54 Å². The Balaban J connectivity index is 2.09. The molecule has 1 unspecified atom stereocenters. The molecule has 0 aromatic heterocycles. The normalized spacial score (nSPS) is 22.8. The van der Waals surface area contributed by atoms with Crippen LogP contribution < -0.4 is 0 Å². The highest BCUT2D eigenvalue weighted by Crippen LogP contribution is 2.26. The molecule has 0 amide bonds. The van der Waals surface area contributed by atoms with Crippen molar-refractivity contribution in [2.24, 2.45) is 9.98 Å². The van der Waals surface area contributed by atoms with Crippen LogP contribution >= 0.6 is 0 Å². The lowest BCUT2D eigenvalue weighted by Gasteiger charge is -2.33. The van der Waals surface area contributed by atoms with Crippen molar-refractivity contribution >= 4 is 17.8 Å². The quantitative estimate of drug-likeness (QED) is 0.462. The van der Waals surface area contributed by atoms with E-state index in [0.29, 0.717) is 5.90 Å². The Labute approximate surface area is 156 Å². The van der Waals surface area contributed by atoms with Gasteiger partial charge in [0, 0.05) is 13.1 Å². The second-order valence-electron chi connectivity index (χ2n) is 7.32. The van der Waals surface area contributed by atoms with Crippen molar-refractivity contribution in [2.75, 3.05) is 40.0 Å². The minimum atomic E-state index is -0.558. The highest BCUT2D eigenvalue weighted by molar-refractivity contribution is 6.04. The molecule has 0 bridgehead atoms. The SMILES string of the molecule is CCCCCCC(C1=NC(C)(C)C(=NCC(=O)OC)O1)N1CCOCC1. The summed E-state index contributed by atoms with van der Waals surface area (Å²) in [6.07, 6.45) is 5.85. The summed E-state index contributed by atoms with van der Waals surface area (Å²) in [6, 6.07) is 0.140. The summed E-state index contributed by atoms with van der Waals surface area (Å²) >= 11 is 0. The number of ether oxygens (including phenoxy) is 3. The van der Waals surface area contributed by atoms with E-state index in [1.807, 2.05) is 13.8 Å². The molecule has 0 N–H and O–H groups in total. The monoisotopic (exact) mass is 367 g/mol. The van der Waals surface area contributed by atoms with Crippen LogP contribution in [0.4, 0.5) is 0 Å². The third-order valence-corrected chi connectivity index (χ3v) is 4.80. The summed E-state index contributed by atoms with van der Waals surface area (Å²) in [5.41, 5.74) is -0.558. The van der Waals surface area contributed by atoms with Gasteiger partial charge < -0.3 is 14.2 Å². The highest BCUT2D eigenvalue weighted by atomic mass is 16.5. The van der Waals surface area contributed by atoms with Gasteiger partial charge in [-0.25, -0.2) is 9.98 Å². The van der Waals surface area contributed by atoms with E-state index in [2.05, 4.69) is 21.6 Å². The summed E-state index contributed by atoms with van der Waals surface area (Å²) in [4.78, 5) is 22.9. The minimum Gasteiger partial charge on any atom is -0.468 e. The van der Waals surface area contributed by atoms with Crippen LogP contribution in [-0.2, 0) is 19.0 Å². The molecule has 26 heavy (non-hydrogen) atoms. The van der Waals surface area contributed by atoms with Crippen LogP contribution in [0.15, 0.2) is 9.98 Å². The summed E-state index contributed by atoms with van der Waals surface area (Å²) in [5.74, 6) is 0.830. The lowest BCUT2D eigenvalue weighted by atomic mass is 10.0. The molecular weight excluding hydrogens is 334 g/mol. The lowest BCUT2D eigenvalue weighted by Crippen LogP contribution is -2.47. The number of morpholine rings is 1. The fourth-order valence-corrected chi connectivity index (χ4v) is 3.26. The largest absolute Gasteiger partial charge is 0.468 e. The molecule has 7 heteroatoms. The first-order chi connectivity index (χ1) is 12.5. The number of hydrogen-bond acceptors (Lipinski definition) is 7. The Morgan fingerprint density at radius 3 is 2.69 bits per heavy atom. The predicted octanol–water partition coefficient (Wildman–Crippen LogP) is 2.44. The Hall–Kier alpha value is -1.47. The summed E-state index contributed by atoms with van der Waals surface area (Å²) in [7, 11) is 1.36. The molecular formula is C19H33N3O4. The summed E-state index contributed by atoms with van der Waals surface area (Å²) in [5, 5.41) is 0. The summed E-state index contributed by atoms with van der Waals surface area (Å²) < 4.78 is 16.2. The van der Waals surface area contributed by atoms with Crippen molar-refractivity contribution < 1.29 is 19.0 Å². The van der Waals surface area contributed by atoms with E-state index in [1.165, 1.54) is 26.4 Å². The van der Waals surface area contributed by atoms with E-state index in [9.17, 15) is 4.79 Å². The van der Waals surface area contributed by atoms with Gasteiger partial charge >= 0.3 is 5.97 Å². The average Bonchev–Trinajstić information content (AvgIpc) is 2.94. The van der Waals surface area contributed by atoms with E-state index >= 15 is 0 Å². The molecule has 0 aliphatic carbocycles. The third kappa shape index (κ3) is 5.77. The maximum atomic E-state index is 11.4. The Bertz CT molecular complexity index is 525. The topological polar surface area (TPSA) is 72.7 Å².